The number of carbonyl (C=O) groups excluding carboxylic acids is 1. The summed E-state index contributed by atoms with van der Waals surface area (Å²) < 4.78 is 29.4. The van der Waals surface area contributed by atoms with Crippen molar-refractivity contribution in [2.75, 3.05) is 0 Å². The first-order valence-corrected chi connectivity index (χ1v) is 3.96. The van der Waals surface area contributed by atoms with Gasteiger partial charge in [0.25, 0.3) is 6.43 Å². The zero-order chi connectivity index (χ0) is 9.42. The number of carbonyl (C=O) groups is 1. The van der Waals surface area contributed by atoms with Crippen LogP contribution in [0.15, 0.2) is 4.42 Å². The van der Waals surface area contributed by atoms with Gasteiger partial charge in [0, 0.05) is 5.92 Å². The van der Waals surface area contributed by atoms with Gasteiger partial charge >= 0.3 is 0 Å². The van der Waals surface area contributed by atoms with Crippen molar-refractivity contribution in [3.8, 4) is 0 Å². The lowest BCUT2D eigenvalue weighted by Gasteiger charge is -1.89. The molecule has 0 N–H and O–H groups in total. The van der Waals surface area contributed by atoms with E-state index in [9.17, 15) is 13.6 Å². The van der Waals surface area contributed by atoms with E-state index in [4.69, 9.17) is 4.42 Å². The Balaban J connectivity index is 2.35. The summed E-state index contributed by atoms with van der Waals surface area (Å²) in [5.41, 5.74) is -0.531. The van der Waals surface area contributed by atoms with Crippen LogP contribution in [0.3, 0.4) is 0 Å². The molecule has 0 unspecified atom stereocenters. The van der Waals surface area contributed by atoms with Gasteiger partial charge in [-0.15, -0.1) is 0 Å². The molecule has 13 heavy (non-hydrogen) atoms. The average Bonchev–Trinajstić information content (AvgIpc) is 2.84. The van der Waals surface area contributed by atoms with Crippen LogP contribution in [0.4, 0.5) is 8.78 Å². The average molecular weight is 187 g/mol. The zero-order valence-electron chi connectivity index (χ0n) is 6.67. The van der Waals surface area contributed by atoms with Gasteiger partial charge in [-0.1, -0.05) is 0 Å². The molecule has 0 atom stereocenters. The lowest BCUT2D eigenvalue weighted by Crippen LogP contribution is -1.89. The Labute approximate surface area is 72.8 Å². The number of nitrogens with zero attached hydrogens (tertiary/aromatic N) is 1. The molecule has 2 rings (SSSR count). The molecule has 0 aliphatic heterocycles. The Bertz CT molecular complexity index is 331. The van der Waals surface area contributed by atoms with Gasteiger partial charge in [-0.3, -0.25) is 4.79 Å². The van der Waals surface area contributed by atoms with Crippen LogP contribution >= 0.6 is 0 Å². The van der Waals surface area contributed by atoms with E-state index in [-0.39, 0.29) is 23.9 Å². The van der Waals surface area contributed by atoms with Crippen LogP contribution in [0, 0.1) is 0 Å². The van der Waals surface area contributed by atoms with Crippen LogP contribution in [0.2, 0.25) is 0 Å². The molecule has 5 heteroatoms. The molecule has 0 saturated heterocycles. The molecular weight excluding hydrogens is 180 g/mol. The molecule has 0 radical (unpaired) electrons. The Morgan fingerprint density at radius 3 is 2.62 bits per heavy atom. The minimum Gasteiger partial charge on any atom is -0.437 e. The summed E-state index contributed by atoms with van der Waals surface area (Å²) in [4.78, 5) is 13.9. The molecule has 1 aliphatic carbocycles. The molecule has 1 aromatic heterocycles. The summed E-state index contributed by atoms with van der Waals surface area (Å²) >= 11 is 0. The van der Waals surface area contributed by atoms with E-state index in [1.165, 1.54) is 0 Å². The van der Waals surface area contributed by atoms with Gasteiger partial charge in [-0.05, 0) is 12.8 Å². The molecule has 1 saturated carbocycles. The summed E-state index contributed by atoms with van der Waals surface area (Å²) in [6, 6.07) is 0. The molecule has 1 aromatic rings. The van der Waals surface area contributed by atoms with E-state index in [1.54, 1.807) is 0 Å². The van der Waals surface area contributed by atoms with Crippen LogP contribution in [-0.4, -0.2) is 11.3 Å². The molecule has 1 aliphatic rings. The Hall–Kier alpha value is -1.26. The minimum absolute atomic E-state index is 0.145. The van der Waals surface area contributed by atoms with Gasteiger partial charge in [-0.2, -0.15) is 0 Å². The number of hydrogen-bond donors (Lipinski definition) is 0. The number of alkyl halides is 2. The lowest BCUT2D eigenvalue weighted by molar-refractivity contribution is 0.107. The van der Waals surface area contributed by atoms with E-state index in [0.29, 0.717) is 0 Å². The number of aromatic nitrogens is 1. The molecule has 0 bridgehead atoms. The van der Waals surface area contributed by atoms with Crippen molar-refractivity contribution in [2.45, 2.75) is 25.2 Å². The number of aldehydes is 1. The maximum atomic E-state index is 12.2. The maximum Gasteiger partial charge on any atom is 0.284 e. The van der Waals surface area contributed by atoms with Crippen molar-refractivity contribution in [3.05, 3.63) is 17.3 Å². The number of hydrogen-bond acceptors (Lipinski definition) is 3. The fourth-order valence-electron chi connectivity index (χ4n) is 1.11. The van der Waals surface area contributed by atoms with Gasteiger partial charge in [-0.25, -0.2) is 13.8 Å². The molecular formula is C8H7F2NO2. The molecule has 0 spiro atoms. The first kappa shape index (κ1) is 8.34. The van der Waals surface area contributed by atoms with E-state index >= 15 is 0 Å². The van der Waals surface area contributed by atoms with E-state index in [2.05, 4.69) is 4.98 Å². The van der Waals surface area contributed by atoms with Gasteiger partial charge < -0.3 is 4.42 Å². The summed E-state index contributed by atoms with van der Waals surface area (Å²) in [5, 5.41) is 0. The smallest absolute Gasteiger partial charge is 0.284 e. The molecule has 70 valence electrons. The normalized spacial score (nSPS) is 16.5. The highest BCUT2D eigenvalue weighted by Crippen LogP contribution is 2.40. The third-order valence-electron chi connectivity index (χ3n) is 1.94. The third kappa shape index (κ3) is 1.46. The van der Waals surface area contributed by atoms with Gasteiger partial charge in [0.2, 0.25) is 0 Å². The molecule has 3 nitrogen and oxygen atoms in total. The fourth-order valence-corrected chi connectivity index (χ4v) is 1.11. The standard InChI is InChI=1S/C8H7F2NO2/c9-7(10)6-5(3-12)13-8(11-6)4-1-2-4/h3-4,7H,1-2H2. The van der Waals surface area contributed by atoms with Crippen molar-refractivity contribution >= 4 is 6.29 Å². The first-order chi connectivity index (χ1) is 6.22. The van der Waals surface area contributed by atoms with E-state index in [0.717, 1.165) is 12.8 Å². The van der Waals surface area contributed by atoms with Crippen LogP contribution in [0.1, 0.15) is 47.3 Å². The number of halogens is 2. The largest absolute Gasteiger partial charge is 0.437 e. The van der Waals surface area contributed by atoms with Crippen LogP contribution < -0.4 is 0 Å². The van der Waals surface area contributed by atoms with E-state index in [1.807, 2.05) is 0 Å². The summed E-state index contributed by atoms with van der Waals surface area (Å²) in [6.45, 7) is 0. The van der Waals surface area contributed by atoms with Gasteiger partial charge in [0.1, 0.15) is 0 Å². The highest BCUT2D eigenvalue weighted by Gasteiger charge is 2.31. The van der Waals surface area contributed by atoms with E-state index < -0.39 is 12.1 Å². The lowest BCUT2D eigenvalue weighted by atomic mass is 10.4. The van der Waals surface area contributed by atoms with Crippen molar-refractivity contribution < 1.29 is 18.0 Å². The van der Waals surface area contributed by atoms with Gasteiger partial charge in [0.05, 0.1) is 0 Å². The summed E-state index contributed by atoms with van der Waals surface area (Å²) in [7, 11) is 0. The SMILES string of the molecule is O=Cc1oc(C2CC2)nc1C(F)F. The van der Waals surface area contributed by atoms with Crippen LogP contribution in [-0.2, 0) is 0 Å². The Morgan fingerprint density at radius 1 is 1.54 bits per heavy atom. The predicted octanol–water partition coefficient (Wildman–Crippen LogP) is 2.30. The number of oxazole rings is 1. The van der Waals surface area contributed by atoms with Crippen molar-refractivity contribution in [2.24, 2.45) is 0 Å². The zero-order valence-corrected chi connectivity index (χ0v) is 6.67. The monoisotopic (exact) mass is 187 g/mol. The highest BCUT2D eigenvalue weighted by atomic mass is 19.3. The highest BCUT2D eigenvalue weighted by molar-refractivity contribution is 5.72. The molecule has 1 heterocycles. The molecule has 0 aromatic carbocycles. The molecule has 0 amide bonds. The minimum atomic E-state index is -2.74. The fraction of sp³-hybridized carbons (Fsp3) is 0.500. The second kappa shape index (κ2) is 2.90. The number of rotatable bonds is 3. The first-order valence-electron chi connectivity index (χ1n) is 3.96. The summed E-state index contributed by atoms with van der Waals surface area (Å²) in [6.07, 6.45) is -0.653. The third-order valence-corrected chi connectivity index (χ3v) is 1.94. The van der Waals surface area contributed by atoms with Crippen molar-refractivity contribution in [1.82, 2.24) is 4.98 Å². The summed E-state index contributed by atoms with van der Waals surface area (Å²) in [5.74, 6) is 0.0838. The van der Waals surface area contributed by atoms with Crippen molar-refractivity contribution in [3.63, 3.8) is 0 Å². The Kier molecular flexibility index (Phi) is 1.86. The predicted molar refractivity (Wildman–Crippen MR) is 38.8 cm³/mol. The van der Waals surface area contributed by atoms with Gasteiger partial charge in [0.15, 0.2) is 23.6 Å². The quantitative estimate of drug-likeness (QED) is 0.682. The van der Waals surface area contributed by atoms with Crippen LogP contribution in [0.25, 0.3) is 0 Å². The van der Waals surface area contributed by atoms with Crippen LogP contribution in [0.5, 0.6) is 0 Å². The maximum absolute atomic E-state index is 12.2. The topological polar surface area (TPSA) is 43.1 Å². The second-order valence-electron chi connectivity index (χ2n) is 2.99. The molecule has 1 fully saturated rings. The Morgan fingerprint density at radius 2 is 2.23 bits per heavy atom. The second-order valence-corrected chi connectivity index (χ2v) is 2.99. The van der Waals surface area contributed by atoms with Crippen molar-refractivity contribution in [1.29, 1.82) is 0 Å².